The molecule has 41 heavy (non-hydrogen) atoms. The Balaban J connectivity index is 3.02. The Morgan fingerprint density at radius 2 is 1.44 bits per heavy atom. The van der Waals surface area contributed by atoms with Crippen molar-refractivity contribution in [3.05, 3.63) is 23.8 Å². The Hall–Kier alpha value is -3.54. The van der Waals surface area contributed by atoms with Gasteiger partial charge in [-0.05, 0) is 79.0 Å². The molecule has 0 heterocycles. The van der Waals surface area contributed by atoms with Crippen LogP contribution < -0.4 is 14.8 Å². The first-order chi connectivity index (χ1) is 19.0. The smallest absolute Gasteiger partial charge is 0.468 e. The van der Waals surface area contributed by atoms with Gasteiger partial charge >= 0.3 is 24.4 Å². The van der Waals surface area contributed by atoms with Crippen LogP contribution in [0.3, 0.4) is 0 Å². The standard InChI is InChI=1S/C29H45NO11/c1-10-11-12-15-36-25(32)37-19(2)18-30-21(24(31)35-9)16-20-13-14-22(38-26(33)40-28(3,4)5)23(17-20)39-27(34)41-29(6,7)8/h13-14,17,19,21,30H,10-12,15-16,18H2,1-9H3/t19?,21-/m0/s1. The van der Waals surface area contributed by atoms with E-state index in [2.05, 4.69) is 5.32 Å². The minimum atomic E-state index is -1.01. The molecule has 0 aliphatic heterocycles. The summed E-state index contributed by atoms with van der Waals surface area (Å²) >= 11 is 0. The van der Waals surface area contributed by atoms with Crippen molar-refractivity contribution < 1.29 is 52.3 Å². The first-order valence-electron chi connectivity index (χ1n) is 13.6. The number of ether oxygens (including phenoxy) is 7. The number of rotatable bonds is 13. The highest BCUT2D eigenvalue weighted by molar-refractivity contribution is 5.76. The van der Waals surface area contributed by atoms with Gasteiger partial charge in [0.1, 0.15) is 23.3 Å². The maximum atomic E-state index is 12.5. The van der Waals surface area contributed by atoms with Crippen molar-refractivity contribution in [2.45, 2.75) is 104 Å². The van der Waals surface area contributed by atoms with Crippen LogP contribution in [0.2, 0.25) is 0 Å². The molecule has 12 heteroatoms. The molecule has 0 amide bonds. The Kier molecular flexibility index (Phi) is 14.4. The summed E-state index contributed by atoms with van der Waals surface area (Å²) in [6.45, 7) is 14.2. The number of unbranched alkanes of at least 4 members (excludes halogenated alkanes) is 2. The Morgan fingerprint density at radius 3 is 1.98 bits per heavy atom. The van der Waals surface area contributed by atoms with Gasteiger partial charge in [-0.15, -0.1) is 0 Å². The van der Waals surface area contributed by atoms with Crippen LogP contribution in [-0.2, 0) is 34.9 Å². The van der Waals surface area contributed by atoms with Crippen molar-refractivity contribution in [1.82, 2.24) is 5.32 Å². The predicted octanol–water partition coefficient (Wildman–Crippen LogP) is 5.72. The number of hydrogen-bond acceptors (Lipinski definition) is 12. The molecule has 1 N–H and O–H groups in total. The largest absolute Gasteiger partial charge is 0.514 e. The van der Waals surface area contributed by atoms with Gasteiger partial charge in [-0.25, -0.2) is 14.4 Å². The van der Waals surface area contributed by atoms with E-state index in [0.29, 0.717) is 5.56 Å². The van der Waals surface area contributed by atoms with E-state index >= 15 is 0 Å². The van der Waals surface area contributed by atoms with E-state index in [1.165, 1.54) is 19.2 Å². The summed E-state index contributed by atoms with van der Waals surface area (Å²) in [6, 6.07) is 3.59. The van der Waals surface area contributed by atoms with Crippen LogP contribution >= 0.6 is 0 Å². The fraction of sp³-hybridized carbons (Fsp3) is 0.655. The average Bonchev–Trinajstić information content (AvgIpc) is 2.83. The molecule has 0 spiro atoms. The van der Waals surface area contributed by atoms with Crippen molar-refractivity contribution in [2.75, 3.05) is 20.3 Å². The molecule has 0 aliphatic rings. The third kappa shape index (κ3) is 15.7. The van der Waals surface area contributed by atoms with Crippen LogP contribution in [0, 0.1) is 0 Å². The molecule has 1 unspecified atom stereocenters. The van der Waals surface area contributed by atoms with Crippen LogP contribution in [0.1, 0.15) is 80.2 Å². The molecule has 0 saturated carbocycles. The molecule has 0 bridgehead atoms. The summed E-state index contributed by atoms with van der Waals surface area (Å²) in [5, 5.41) is 3.02. The lowest BCUT2D eigenvalue weighted by Crippen LogP contribution is -2.43. The lowest BCUT2D eigenvalue weighted by atomic mass is 10.0. The monoisotopic (exact) mass is 583 g/mol. The normalized spacial score (nSPS) is 12.9. The first kappa shape index (κ1) is 35.5. The number of esters is 1. The summed E-state index contributed by atoms with van der Waals surface area (Å²) < 4.78 is 36.2. The third-order valence-electron chi connectivity index (χ3n) is 5.02. The maximum Gasteiger partial charge on any atom is 0.514 e. The molecule has 0 aliphatic carbocycles. The fourth-order valence-corrected chi connectivity index (χ4v) is 3.24. The Bertz CT molecular complexity index is 1010. The van der Waals surface area contributed by atoms with Gasteiger partial charge in [0.15, 0.2) is 11.5 Å². The van der Waals surface area contributed by atoms with E-state index in [1.807, 2.05) is 6.92 Å². The van der Waals surface area contributed by atoms with E-state index < -0.39 is 47.8 Å². The molecule has 1 aromatic rings. The van der Waals surface area contributed by atoms with Crippen molar-refractivity contribution in [3.8, 4) is 11.5 Å². The number of nitrogens with one attached hydrogen (secondary N) is 1. The Labute approximate surface area is 242 Å². The molecule has 0 saturated heterocycles. The summed E-state index contributed by atoms with van der Waals surface area (Å²) in [6.07, 6.45) is -0.593. The maximum absolute atomic E-state index is 12.5. The summed E-state index contributed by atoms with van der Waals surface area (Å²) in [5.74, 6) is -0.771. The van der Waals surface area contributed by atoms with Gasteiger partial charge in [-0.3, -0.25) is 4.79 Å². The van der Waals surface area contributed by atoms with Gasteiger partial charge in [0.25, 0.3) is 0 Å². The minimum Gasteiger partial charge on any atom is -0.468 e. The number of benzene rings is 1. The molecule has 1 rings (SSSR count). The first-order valence-corrected chi connectivity index (χ1v) is 13.6. The second-order valence-corrected chi connectivity index (χ2v) is 11.3. The van der Waals surface area contributed by atoms with Gasteiger partial charge in [0.2, 0.25) is 0 Å². The van der Waals surface area contributed by atoms with Crippen LogP contribution in [0.25, 0.3) is 0 Å². The summed E-state index contributed by atoms with van der Waals surface area (Å²) in [7, 11) is 1.25. The van der Waals surface area contributed by atoms with E-state index in [4.69, 9.17) is 33.2 Å². The zero-order valence-corrected chi connectivity index (χ0v) is 25.6. The van der Waals surface area contributed by atoms with Crippen molar-refractivity contribution >= 4 is 24.4 Å². The van der Waals surface area contributed by atoms with Crippen LogP contribution in [-0.4, -0.2) is 68.0 Å². The lowest BCUT2D eigenvalue weighted by Gasteiger charge is -2.22. The number of carbonyl (C=O) groups excluding carboxylic acids is 4. The highest BCUT2D eigenvalue weighted by Crippen LogP contribution is 2.31. The molecule has 2 atom stereocenters. The minimum absolute atomic E-state index is 0.0871. The van der Waals surface area contributed by atoms with Crippen LogP contribution in [0.15, 0.2) is 18.2 Å². The topological polar surface area (TPSA) is 145 Å². The zero-order chi connectivity index (χ0) is 31.2. The summed E-state index contributed by atoms with van der Waals surface area (Å²) in [4.78, 5) is 49.0. The SMILES string of the molecule is CCCCCOC(=O)OC(C)CN[C@@H](Cc1ccc(OC(=O)OC(C)(C)C)c(OC(=O)OC(C)(C)C)c1)C(=O)OC. The Morgan fingerprint density at radius 1 is 0.854 bits per heavy atom. The number of methoxy groups -OCH3 is 1. The van der Waals surface area contributed by atoms with Gasteiger partial charge in [-0.1, -0.05) is 25.8 Å². The average molecular weight is 584 g/mol. The van der Waals surface area contributed by atoms with Crippen molar-refractivity contribution in [1.29, 1.82) is 0 Å². The predicted molar refractivity (Wildman–Crippen MR) is 149 cm³/mol. The van der Waals surface area contributed by atoms with Crippen molar-refractivity contribution in [3.63, 3.8) is 0 Å². The highest BCUT2D eigenvalue weighted by Gasteiger charge is 2.25. The number of carbonyl (C=O) groups is 4. The van der Waals surface area contributed by atoms with E-state index in [1.54, 1.807) is 54.5 Å². The molecule has 12 nitrogen and oxygen atoms in total. The van der Waals surface area contributed by atoms with E-state index in [9.17, 15) is 19.2 Å². The zero-order valence-electron chi connectivity index (χ0n) is 25.6. The molecule has 0 fully saturated rings. The van der Waals surface area contributed by atoms with Crippen LogP contribution in [0.4, 0.5) is 14.4 Å². The van der Waals surface area contributed by atoms with Gasteiger partial charge < -0.3 is 38.5 Å². The third-order valence-corrected chi connectivity index (χ3v) is 5.02. The second-order valence-electron chi connectivity index (χ2n) is 11.3. The quantitative estimate of drug-likeness (QED) is 0.131. The molecular weight excluding hydrogens is 538 g/mol. The number of hydrogen-bond donors (Lipinski definition) is 1. The van der Waals surface area contributed by atoms with Gasteiger partial charge in [-0.2, -0.15) is 0 Å². The van der Waals surface area contributed by atoms with Gasteiger partial charge in [0.05, 0.1) is 13.7 Å². The molecular formula is C29H45NO11. The van der Waals surface area contributed by atoms with Crippen molar-refractivity contribution in [2.24, 2.45) is 0 Å². The summed E-state index contributed by atoms with van der Waals surface area (Å²) in [5.41, 5.74) is -1.11. The molecule has 0 radical (unpaired) electrons. The highest BCUT2D eigenvalue weighted by atomic mass is 16.8. The molecule has 0 aromatic heterocycles. The molecule has 1 aromatic carbocycles. The lowest BCUT2D eigenvalue weighted by molar-refractivity contribution is -0.143. The van der Waals surface area contributed by atoms with E-state index in [-0.39, 0.29) is 31.1 Å². The van der Waals surface area contributed by atoms with E-state index in [0.717, 1.165) is 19.3 Å². The molecule has 232 valence electrons. The van der Waals surface area contributed by atoms with Crippen LogP contribution in [0.5, 0.6) is 11.5 Å². The fourth-order valence-electron chi connectivity index (χ4n) is 3.24. The van der Waals surface area contributed by atoms with Gasteiger partial charge in [0, 0.05) is 6.54 Å². The second kappa shape index (κ2) is 16.7.